The first-order chi connectivity index (χ1) is 9.87. The Labute approximate surface area is 125 Å². The normalized spacial score (nSPS) is 12.0. The van der Waals surface area contributed by atoms with Crippen LogP contribution in [0.25, 0.3) is 0 Å². The van der Waals surface area contributed by atoms with Crippen LogP contribution in [-0.2, 0) is 23.1 Å². The zero-order valence-electron chi connectivity index (χ0n) is 11.2. The van der Waals surface area contributed by atoms with Crippen molar-refractivity contribution in [2.75, 3.05) is 7.05 Å². The molecule has 1 aromatic heterocycles. The summed E-state index contributed by atoms with van der Waals surface area (Å²) in [6.45, 7) is -0.296. The molecule has 8 heteroatoms. The first kappa shape index (κ1) is 16.0. The summed E-state index contributed by atoms with van der Waals surface area (Å²) in [5, 5.41) is 3.62. The molecule has 2 aromatic rings. The number of hydrogen-bond acceptors (Lipinski definition) is 4. The molecule has 2 N–H and O–H groups in total. The number of nitrogens with two attached hydrogens (primary N) is 1. The molecule has 0 atom stereocenters. The van der Waals surface area contributed by atoms with Crippen LogP contribution in [-0.4, -0.2) is 19.8 Å². The molecule has 0 saturated heterocycles. The van der Waals surface area contributed by atoms with Crippen LogP contribution in [0.1, 0.15) is 11.1 Å². The quantitative estimate of drug-likeness (QED) is 0.914. The zero-order chi connectivity index (χ0) is 15.6. The standard InChI is InChI=1S/C13H14F2N2O2S2/c1-17(7-9-4-5-20-8-9)21(18,19)12-3-2-11(14)10(6-16)13(12)15/h2-5,8H,6-7,16H2,1H3. The Hall–Kier alpha value is -1.35. The van der Waals surface area contributed by atoms with Gasteiger partial charge in [-0.2, -0.15) is 15.6 Å². The molecular formula is C13H14F2N2O2S2. The van der Waals surface area contributed by atoms with E-state index in [-0.39, 0.29) is 6.54 Å². The lowest BCUT2D eigenvalue weighted by molar-refractivity contribution is 0.457. The van der Waals surface area contributed by atoms with Gasteiger partial charge in [-0.05, 0) is 34.5 Å². The molecule has 0 spiro atoms. The van der Waals surface area contributed by atoms with E-state index in [9.17, 15) is 17.2 Å². The minimum absolute atomic E-state index is 0.112. The summed E-state index contributed by atoms with van der Waals surface area (Å²) in [5.74, 6) is -1.98. The summed E-state index contributed by atoms with van der Waals surface area (Å²) >= 11 is 1.44. The fraction of sp³-hybridized carbons (Fsp3) is 0.231. The molecule has 2 rings (SSSR count). The maximum atomic E-state index is 14.1. The highest BCUT2D eigenvalue weighted by molar-refractivity contribution is 7.89. The third kappa shape index (κ3) is 3.13. The maximum absolute atomic E-state index is 14.1. The topological polar surface area (TPSA) is 63.4 Å². The van der Waals surface area contributed by atoms with Gasteiger partial charge in [0.15, 0.2) is 5.82 Å². The van der Waals surface area contributed by atoms with E-state index in [1.54, 1.807) is 11.4 Å². The Balaban J connectivity index is 2.40. The van der Waals surface area contributed by atoms with Crippen molar-refractivity contribution in [2.24, 2.45) is 5.73 Å². The molecule has 0 bridgehead atoms. The average Bonchev–Trinajstić information content (AvgIpc) is 2.91. The van der Waals surface area contributed by atoms with Crippen molar-refractivity contribution < 1.29 is 17.2 Å². The molecule has 0 aliphatic carbocycles. The Bertz CT molecular complexity index is 731. The van der Waals surface area contributed by atoms with Gasteiger partial charge in [0.1, 0.15) is 10.7 Å². The molecule has 0 amide bonds. The number of sulfonamides is 1. The lowest BCUT2D eigenvalue weighted by Gasteiger charge is -2.18. The summed E-state index contributed by atoms with van der Waals surface area (Å²) in [4.78, 5) is -0.568. The van der Waals surface area contributed by atoms with E-state index in [4.69, 9.17) is 5.73 Å². The van der Waals surface area contributed by atoms with Gasteiger partial charge in [-0.25, -0.2) is 17.2 Å². The fourth-order valence-electron chi connectivity index (χ4n) is 1.86. The van der Waals surface area contributed by atoms with Crippen LogP contribution in [0.2, 0.25) is 0 Å². The largest absolute Gasteiger partial charge is 0.326 e. The molecule has 0 aliphatic rings. The van der Waals surface area contributed by atoms with Crippen molar-refractivity contribution in [3.63, 3.8) is 0 Å². The third-order valence-corrected chi connectivity index (χ3v) is 5.58. The van der Waals surface area contributed by atoms with Crippen molar-refractivity contribution in [1.29, 1.82) is 0 Å². The van der Waals surface area contributed by atoms with Crippen LogP contribution in [0.15, 0.2) is 33.9 Å². The molecule has 0 aliphatic heterocycles. The highest BCUT2D eigenvalue weighted by atomic mass is 32.2. The van der Waals surface area contributed by atoms with Crippen molar-refractivity contribution >= 4 is 21.4 Å². The molecule has 1 heterocycles. The summed E-state index contributed by atoms with van der Waals surface area (Å²) in [6, 6.07) is 3.61. The number of benzene rings is 1. The third-order valence-electron chi connectivity index (χ3n) is 3.03. The van der Waals surface area contributed by atoms with Crippen LogP contribution in [0, 0.1) is 11.6 Å². The van der Waals surface area contributed by atoms with Crippen molar-refractivity contribution in [1.82, 2.24) is 4.31 Å². The molecule has 21 heavy (non-hydrogen) atoms. The van der Waals surface area contributed by atoms with Crippen LogP contribution in [0.5, 0.6) is 0 Å². The van der Waals surface area contributed by atoms with E-state index < -0.39 is 38.7 Å². The van der Waals surface area contributed by atoms with Crippen molar-refractivity contribution in [2.45, 2.75) is 18.0 Å². The maximum Gasteiger partial charge on any atom is 0.246 e. The lowest BCUT2D eigenvalue weighted by Crippen LogP contribution is -2.27. The first-order valence-corrected chi connectivity index (χ1v) is 8.40. The minimum atomic E-state index is -4.05. The molecule has 4 nitrogen and oxygen atoms in total. The Morgan fingerprint density at radius 3 is 2.57 bits per heavy atom. The minimum Gasteiger partial charge on any atom is -0.326 e. The number of nitrogens with zero attached hydrogens (tertiary/aromatic N) is 1. The van der Waals surface area contributed by atoms with E-state index in [0.29, 0.717) is 0 Å². The summed E-state index contributed by atoms with van der Waals surface area (Å²) in [5.41, 5.74) is 5.63. The number of halogens is 2. The van der Waals surface area contributed by atoms with E-state index >= 15 is 0 Å². The van der Waals surface area contributed by atoms with E-state index in [2.05, 4.69) is 0 Å². The summed E-state index contributed by atoms with van der Waals surface area (Å²) < 4.78 is 53.3. The summed E-state index contributed by atoms with van der Waals surface area (Å²) in [6.07, 6.45) is 0. The lowest BCUT2D eigenvalue weighted by atomic mass is 10.2. The molecule has 0 saturated carbocycles. The zero-order valence-corrected chi connectivity index (χ0v) is 12.8. The number of hydrogen-bond donors (Lipinski definition) is 1. The second-order valence-corrected chi connectivity index (χ2v) is 7.23. The molecule has 114 valence electrons. The van der Waals surface area contributed by atoms with Gasteiger partial charge >= 0.3 is 0 Å². The van der Waals surface area contributed by atoms with Gasteiger partial charge < -0.3 is 5.73 Å². The van der Waals surface area contributed by atoms with Crippen molar-refractivity contribution in [3.8, 4) is 0 Å². The number of rotatable bonds is 5. The van der Waals surface area contributed by atoms with Crippen LogP contribution in [0.3, 0.4) is 0 Å². The molecular weight excluding hydrogens is 318 g/mol. The predicted octanol–water partition coefficient (Wildman–Crippen LogP) is 2.31. The highest BCUT2D eigenvalue weighted by Crippen LogP contribution is 2.24. The summed E-state index contributed by atoms with van der Waals surface area (Å²) in [7, 11) is -2.71. The van der Waals surface area contributed by atoms with E-state index in [0.717, 1.165) is 22.0 Å². The van der Waals surface area contributed by atoms with Gasteiger partial charge in [0, 0.05) is 25.7 Å². The molecule has 0 radical (unpaired) electrons. The van der Waals surface area contributed by atoms with Crippen molar-refractivity contribution in [3.05, 3.63) is 51.7 Å². The monoisotopic (exact) mass is 332 g/mol. The van der Waals surface area contributed by atoms with E-state index in [1.165, 1.54) is 18.4 Å². The predicted molar refractivity (Wildman–Crippen MR) is 77.2 cm³/mol. The average molecular weight is 332 g/mol. The molecule has 0 fully saturated rings. The molecule has 0 unspecified atom stereocenters. The Morgan fingerprint density at radius 1 is 1.29 bits per heavy atom. The fourth-order valence-corrected chi connectivity index (χ4v) is 3.76. The Kier molecular flexibility index (Phi) is 4.72. The van der Waals surface area contributed by atoms with Gasteiger partial charge in [0.2, 0.25) is 10.0 Å². The highest BCUT2D eigenvalue weighted by Gasteiger charge is 2.27. The second kappa shape index (κ2) is 6.18. The smallest absolute Gasteiger partial charge is 0.246 e. The first-order valence-electron chi connectivity index (χ1n) is 6.02. The van der Waals surface area contributed by atoms with Crippen LogP contribution < -0.4 is 5.73 Å². The van der Waals surface area contributed by atoms with Crippen LogP contribution in [0.4, 0.5) is 8.78 Å². The van der Waals surface area contributed by atoms with Crippen LogP contribution >= 0.6 is 11.3 Å². The van der Waals surface area contributed by atoms with Gasteiger partial charge in [0.25, 0.3) is 0 Å². The molecule has 1 aromatic carbocycles. The van der Waals surface area contributed by atoms with Gasteiger partial charge in [0.05, 0.1) is 0 Å². The SMILES string of the molecule is CN(Cc1ccsc1)S(=O)(=O)c1ccc(F)c(CN)c1F. The van der Waals surface area contributed by atoms with E-state index in [1.807, 2.05) is 5.38 Å². The van der Waals surface area contributed by atoms with Gasteiger partial charge in [-0.1, -0.05) is 0 Å². The van der Waals surface area contributed by atoms with Gasteiger partial charge in [-0.15, -0.1) is 0 Å². The number of thiophene rings is 1. The Morgan fingerprint density at radius 2 is 2.00 bits per heavy atom. The second-order valence-electron chi connectivity index (χ2n) is 4.43. The van der Waals surface area contributed by atoms with Gasteiger partial charge in [-0.3, -0.25) is 0 Å².